The number of ether oxygens (including phenoxy) is 4. The first-order valence-electron chi connectivity index (χ1n) is 10.2. The van der Waals surface area contributed by atoms with E-state index in [1.54, 1.807) is 32.2 Å². The third kappa shape index (κ3) is 7.81. The Morgan fingerprint density at radius 3 is 2.35 bits per heavy atom. The topological polar surface area (TPSA) is 97.1 Å². The molecule has 0 amide bonds. The lowest BCUT2D eigenvalue weighted by Crippen LogP contribution is -2.13. The molecule has 0 aromatic heterocycles. The Bertz CT molecular complexity index is 865. The van der Waals surface area contributed by atoms with Gasteiger partial charge in [0.05, 0.1) is 18.6 Å². The van der Waals surface area contributed by atoms with Crippen LogP contribution in [-0.2, 0) is 4.74 Å². The zero-order valence-corrected chi connectivity index (χ0v) is 18.3. The van der Waals surface area contributed by atoms with E-state index in [9.17, 15) is 14.9 Å². The van der Waals surface area contributed by atoms with E-state index < -0.39 is 17.2 Å². The summed E-state index contributed by atoms with van der Waals surface area (Å²) in [7, 11) is 1.55. The molecule has 0 fully saturated rings. The summed E-state index contributed by atoms with van der Waals surface area (Å²) in [5.74, 6) is 2.03. The summed E-state index contributed by atoms with van der Waals surface area (Å²) < 4.78 is 21.6. The highest BCUT2D eigenvalue weighted by atomic mass is 16.7. The number of carbonyl (C=O) groups is 1. The van der Waals surface area contributed by atoms with Gasteiger partial charge in [-0.3, -0.25) is 10.1 Å². The van der Waals surface area contributed by atoms with Gasteiger partial charge >= 0.3 is 6.16 Å². The van der Waals surface area contributed by atoms with Crippen LogP contribution in [0.2, 0.25) is 0 Å². The van der Waals surface area contributed by atoms with Gasteiger partial charge in [0.15, 0.2) is 11.5 Å². The largest absolute Gasteiger partial charge is 0.514 e. The van der Waals surface area contributed by atoms with Crippen molar-refractivity contribution < 1.29 is 28.7 Å². The number of hydrogen-bond acceptors (Lipinski definition) is 7. The van der Waals surface area contributed by atoms with Crippen molar-refractivity contribution in [3.63, 3.8) is 0 Å². The Morgan fingerprint density at radius 1 is 1.03 bits per heavy atom. The fourth-order valence-electron chi connectivity index (χ4n) is 2.86. The Morgan fingerprint density at radius 2 is 1.74 bits per heavy atom. The van der Waals surface area contributed by atoms with Gasteiger partial charge in [-0.15, -0.1) is 0 Å². The van der Waals surface area contributed by atoms with Crippen molar-refractivity contribution in [3.05, 3.63) is 58.1 Å². The molecule has 0 heterocycles. The van der Waals surface area contributed by atoms with Crippen LogP contribution >= 0.6 is 0 Å². The van der Waals surface area contributed by atoms with Crippen LogP contribution in [0.5, 0.6) is 17.2 Å². The molecule has 0 bridgehead atoms. The summed E-state index contributed by atoms with van der Waals surface area (Å²) in [4.78, 5) is 22.2. The average Bonchev–Trinajstić information content (AvgIpc) is 2.73. The molecule has 0 saturated heterocycles. The molecular weight excluding hydrogens is 402 g/mol. The predicted octanol–water partition coefficient (Wildman–Crippen LogP) is 6.09. The molecule has 0 aliphatic carbocycles. The molecule has 1 atom stereocenters. The van der Waals surface area contributed by atoms with Gasteiger partial charge in [-0.1, -0.05) is 26.3 Å². The first-order chi connectivity index (χ1) is 14.8. The minimum absolute atomic E-state index is 0.0941. The molecule has 0 spiro atoms. The predicted molar refractivity (Wildman–Crippen MR) is 116 cm³/mol. The summed E-state index contributed by atoms with van der Waals surface area (Å²) in [5.41, 5.74) is 0.619. The second kappa shape index (κ2) is 11.8. The smallest absolute Gasteiger partial charge is 0.493 e. The summed E-state index contributed by atoms with van der Waals surface area (Å²) in [6, 6.07) is 10.5. The van der Waals surface area contributed by atoms with Gasteiger partial charge in [-0.2, -0.15) is 0 Å². The van der Waals surface area contributed by atoms with E-state index in [-0.39, 0.29) is 11.4 Å². The van der Waals surface area contributed by atoms with Crippen LogP contribution in [0.25, 0.3) is 0 Å². The molecule has 2 aromatic carbocycles. The van der Waals surface area contributed by atoms with Gasteiger partial charge < -0.3 is 18.9 Å². The number of non-ortho nitro benzene ring substituents is 1. The number of unbranched alkanes of at least 4 members (excludes halogenated alkanes) is 1. The van der Waals surface area contributed by atoms with Gasteiger partial charge in [0.2, 0.25) is 0 Å². The third-order valence-electron chi connectivity index (χ3n) is 4.61. The second-order valence-electron chi connectivity index (χ2n) is 7.51. The van der Waals surface area contributed by atoms with Gasteiger partial charge in [-0.25, -0.2) is 4.79 Å². The molecule has 1 unspecified atom stereocenters. The molecular formula is C23H29NO7. The van der Waals surface area contributed by atoms with Crippen LogP contribution < -0.4 is 14.2 Å². The molecule has 0 radical (unpaired) electrons. The monoisotopic (exact) mass is 431 g/mol. The normalized spacial score (nSPS) is 11.6. The molecule has 0 saturated carbocycles. The van der Waals surface area contributed by atoms with Gasteiger partial charge in [0.25, 0.3) is 5.69 Å². The molecule has 168 valence electrons. The van der Waals surface area contributed by atoms with E-state index in [4.69, 9.17) is 18.9 Å². The van der Waals surface area contributed by atoms with Crippen molar-refractivity contribution in [1.29, 1.82) is 0 Å². The van der Waals surface area contributed by atoms with E-state index in [0.29, 0.717) is 29.6 Å². The molecule has 8 heteroatoms. The van der Waals surface area contributed by atoms with Crippen molar-refractivity contribution in [1.82, 2.24) is 0 Å². The highest BCUT2D eigenvalue weighted by Gasteiger charge is 2.17. The van der Waals surface area contributed by atoms with Crippen molar-refractivity contribution in [3.8, 4) is 17.2 Å². The zero-order chi connectivity index (χ0) is 22.8. The van der Waals surface area contributed by atoms with Crippen LogP contribution in [0.15, 0.2) is 42.5 Å². The van der Waals surface area contributed by atoms with E-state index in [0.717, 1.165) is 12.8 Å². The van der Waals surface area contributed by atoms with Crippen molar-refractivity contribution in [2.24, 2.45) is 5.92 Å². The fourth-order valence-corrected chi connectivity index (χ4v) is 2.86. The van der Waals surface area contributed by atoms with Gasteiger partial charge in [0, 0.05) is 12.1 Å². The number of methoxy groups -OCH3 is 1. The molecule has 0 aliphatic rings. The maximum atomic E-state index is 12.1. The Labute approximate surface area is 182 Å². The lowest BCUT2D eigenvalue weighted by molar-refractivity contribution is -0.384. The minimum atomic E-state index is -0.911. The van der Waals surface area contributed by atoms with Crippen LogP contribution in [0.4, 0.5) is 10.5 Å². The molecule has 2 rings (SSSR count). The first-order valence-corrected chi connectivity index (χ1v) is 10.2. The van der Waals surface area contributed by atoms with E-state index in [1.165, 1.54) is 30.7 Å². The summed E-state index contributed by atoms with van der Waals surface area (Å²) in [6.07, 6.45) is 1.74. The van der Waals surface area contributed by atoms with Crippen molar-refractivity contribution in [2.75, 3.05) is 13.7 Å². The molecule has 0 N–H and O–H groups in total. The van der Waals surface area contributed by atoms with Crippen molar-refractivity contribution in [2.45, 2.75) is 46.1 Å². The maximum Gasteiger partial charge on any atom is 0.514 e. The number of nitrogens with zero attached hydrogens (tertiary/aromatic N) is 1. The number of nitro groups is 1. The Balaban J connectivity index is 1.90. The molecule has 8 nitrogen and oxygen atoms in total. The van der Waals surface area contributed by atoms with Gasteiger partial charge in [-0.05, 0) is 55.5 Å². The van der Waals surface area contributed by atoms with Crippen LogP contribution in [0.3, 0.4) is 0 Å². The van der Waals surface area contributed by atoms with Crippen LogP contribution in [-0.4, -0.2) is 24.8 Å². The highest BCUT2D eigenvalue weighted by molar-refractivity contribution is 5.64. The fraction of sp³-hybridized carbons (Fsp3) is 0.435. The highest BCUT2D eigenvalue weighted by Crippen LogP contribution is 2.32. The second-order valence-corrected chi connectivity index (χ2v) is 7.51. The average molecular weight is 431 g/mol. The Hall–Kier alpha value is -3.29. The Kier molecular flexibility index (Phi) is 9.12. The molecule has 0 aliphatic heterocycles. The zero-order valence-electron chi connectivity index (χ0n) is 18.3. The maximum absolute atomic E-state index is 12.1. The SMILES string of the molecule is COc1cc(C(C)OC(=O)Oc2ccc([N+](=O)[O-])cc2)ccc1OCCCCC(C)C. The summed E-state index contributed by atoms with van der Waals surface area (Å²) in [5, 5.41) is 10.7. The number of rotatable bonds is 11. The lowest BCUT2D eigenvalue weighted by atomic mass is 10.1. The summed E-state index contributed by atoms with van der Waals surface area (Å²) >= 11 is 0. The van der Waals surface area contributed by atoms with E-state index >= 15 is 0 Å². The number of carbonyl (C=O) groups excluding carboxylic acids is 1. The van der Waals surface area contributed by atoms with E-state index in [1.807, 2.05) is 0 Å². The standard InChI is InChI=1S/C23H29NO7/c1-16(2)7-5-6-14-29-21-13-8-18(15-22(21)28-4)17(3)30-23(25)31-20-11-9-19(10-12-20)24(26)27/h8-13,15-17H,5-7,14H2,1-4H3. The minimum Gasteiger partial charge on any atom is -0.493 e. The lowest BCUT2D eigenvalue weighted by Gasteiger charge is -2.16. The quantitative estimate of drug-likeness (QED) is 0.140. The number of benzene rings is 2. The molecule has 31 heavy (non-hydrogen) atoms. The van der Waals surface area contributed by atoms with Crippen LogP contribution in [0.1, 0.15) is 51.7 Å². The number of hydrogen-bond donors (Lipinski definition) is 0. The summed E-state index contributed by atoms with van der Waals surface area (Å²) in [6.45, 7) is 6.72. The third-order valence-corrected chi connectivity index (χ3v) is 4.61. The van der Waals surface area contributed by atoms with E-state index in [2.05, 4.69) is 13.8 Å². The molecule has 2 aromatic rings. The number of nitro benzene ring substituents is 1. The van der Waals surface area contributed by atoms with Crippen molar-refractivity contribution >= 4 is 11.8 Å². The van der Waals surface area contributed by atoms with Gasteiger partial charge in [0.1, 0.15) is 11.9 Å². The van der Waals surface area contributed by atoms with Crippen LogP contribution in [0, 0.1) is 16.0 Å². The first kappa shape index (κ1) is 24.0.